The van der Waals surface area contributed by atoms with Gasteiger partial charge < -0.3 is 9.99 Å². The second-order valence-electron chi connectivity index (χ2n) is 3.98. The molecule has 0 unspecified atom stereocenters. The lowest BCUT2D eigenvalue weighted by atomic mass is 10.2. The highest BCUT2D eigenvalue weighted by Crippen LogP contribution is 2.20. The van der Waals surface area contributed by atoms with Gasteiger partial charge in [0.25, 0.3) is 5.56 Å². The van der Waals surface area contributed by atoms with Gasteiger partial charge >= 0.3 is 0 Å². The van der Waals surface area contributed by atoms with E-state index in [0.29, 0.717) is 0 Å². The lowest BCUT2D eigenvalue weighted by molar-refractivity contribution is 0.496. The lowest BCUT2D eigenvalue weighted by Gasteiger charge is -2.16. The molecule has 0 aliphatic carbocycles. The zero-order chi connectivity index (χ0) is 11.7. The van der Waals surface area contributed by atoms with Crippen molar-refractivity contribution in [2.24, 2.45) is 7.05 Å². The van der Waals surface area contributed by atoms with Crippen molar-refractivity contribution in [1.29, 1.82) is 0 Å². The maximum absolute atomic E-state index is 11.7. The average Bonchev–Trinajstić information content (AvgIpc) is 2.25. The third kappa shape index (κ3) is 1.79. The first kappa shape index (κ1) is 10.7. The molecule has 0 amide bonds. The molecule has 4 nitrogen and oxygen atoms in total. The van der Waals surface area contributed by atoms with Crippen LogP contribution in [0.4, 0.5) is 5.69 Å². The van der Waals surface area contributed by atoms with E-state index in [9.17, 15) is 4.79 Å². The summed E-state index contributed by atoms with van der Waals surface area (Å²) >= 11 is 0. The Morgan fingerprint density at radius 1 is 1.25 bits per heavy atom. The molecule has 0 atom stereocenters. The number of anilines is 1. The molecule has 4 heteroatoms. The summed E-state index contributed by atoms with van der Waals surface area (Å²) in [4.78, 5) is 11.7. The van der Waals surface area contributed by atoms with Gasteiger partial charge in [0, 0.05) is 32.6 Å². The molecule has 1 N–H and O–H groups in total. The van der Waals surface area contributed by atoms with E-state index in [1.165, 1.54) is 0 Å². The average molecular weight is 217 g/mol. The van der Waals surface area contributed by atoms with Gasteiger partial charge in [0.15, 0.2) is 0 Å². The Labute approximate surface area is 94.1 Å². The minimum absolute atomic E-state index is 0.0111. The number of aromatic nitrogens is 1. The molecule has 0 saturated heterocycles. The Hall–Kier alpha value is -1.81. The minimum atomic E-state index is -0.0111. The Morgan fingerprint density at radius 2 is 1.94 bits per heavy atom. The molecule has 1 heterocycles. The van der Waals surface area contributed by atoms with E-state index in [0.717, 1.165) is 16.6 Å². The third-order valence-corrected chi connectivity index (χ3v) is 2.50. The summed E-state index contributed by atoms with van der Waals surface area (Å²) in [6.07, 6.45) is 0. The predicted octanol–water partition coefficient (Wildman–Crippen LogP) is 1.43. The number of nitrogens with one attached hydrogen (secondary N) is 1. The quantitative estimate of drug-likeness (QED) is 0.773. The van der Waals surface area contributed by atoms with Gasteiger partial charge in [-0.1, -0.05) is 18.2 Å². The molecular formula is C12H15N3O. The number of fused-ring (bicyclic) bond motifs is 1. The number of pyridine rings is 1. The van der Waals surface area contributed by atoms with Crippen LogP contribution in [0.5, 0.6) is 0 Å². The lowest BCUT2D eigenvalue weighted by Crippen LogP contribution is -2.23. The van der Waals surface area contributed by atoms with Crippen LogP contribution in [-0.4, -0.2) is 23.7 Å². The monoisotopic (exact) mass is 217 g/mol. The standard InChI is InChI=1S/C12H15N3O/c1-14(2)13-10-8-12(16)15(3)11-7-5-4-6-9(10)11/h4-8,13H,1-3H3. The second-order valence-corrected chi connectivity index (χ2v) is 3.98. The van der Waals surface area contributed by atoms with E-state index in [2.05, 4.69) is 5.43 Å². The van der Waals surface area contributed by atoms with Gasteiger partial charge in [-0.05, 0) is 6.07 Å². The Morgan fingerprint density at radius 3 is 2.62 bits per heavy atom. The Balaban J connectivity index is 2.74. The topological polar surface area (TPSA) is 37.3 Å². The Bertz CT molecular complexity index is 572. The van der Waals surface area contributed by atoms with E-state index in [1.807, 2.05) is 43.4 Å². The molecule has 0 spiro atoms. The summed E-state index contributed by atoms with van der Waals surface area (Å²) in [6.45, 7) is 0. The molecule has 2 aromatic rings. The summed E-state index contributed by atoms with van der Waals surface area (Å²) in [7, 11) is 5.57. The van der Waals surface area contributed by atoms with E-state index >= 15 is 0 Å². The van der Waals surface area contributed by atoms with Crippen LogP contribution >= 0.6 is 0 Å². The first-order chi connectivity index (χ1) is 7.59. The number of hydrazine groups is 1. The Kier molecular flexibility index (Phi) is 2.66. The van der Waals surface area contributed by atoms with Gasteiger partial charge in [-0.15, -0.1) is 0 Å². The molecule has 0 bridgehead atoms. The van der Waals surface area contributed by atoms with Crippen LogP contribution < -0.4 is 11.0 Å². The van der Waals surface area contributed by atoms with E-state index < -0.39 is 0 Å². The van der Waals surface area contributed by atoms with Crippen LogP contribution in [0.2, 0.25) is 0 Å². The third-order valence-electron chi connectivity index (χ3n) is 2.50. The van der Waals surface area contributed by atoms with Crippen molar-refractivity contribution in [2.75, 3.05) is 19.5 Å². The maximum Gasteiger partial charge on any atom is 0.252 e. The second kappa shape index (κ2) is 3.98. The minimum Gasteiger partial charge on any atom is -0.319 e. The molecule has 84 valence electrons. The van der Waals surface area contributed by atoms with Crippen molar-refractivity contribution >= 4 is 16.6 Å². The van der Waals surface area contributed by atoms with Gasteiger partial charge in [0.1, 0.15) is 0 Å². The molecule has 0 aliphatic rings. The number of aryl methyl sites for hydroxylation is 1. The van der Waals surface area contributed by atoms with Crippen LogP contribution in [0.3, 0.4) is 0 Å². The van der Waals surface area contributed by atoms with Crippen LogP contribution in [0.15, 0.2) is 35.1 Å². The van der Waals surface area contributed by atoms with Crippen molar-refractivity contribution in [1.82, 2.24) is 9.58 Å². The fourth-order valence-corrected chi connectivity index (χ4v) is 1.74. The molecule has 0 saturated carbocycles. The number of rotatable bonds is 2. The molecule has 2 rings (SSSR count). The molecule has 0 radical (unpaired) electrons. The summed E-state index contributed by atoms with van der Waals surface area (Å²) < 4.78 is 1.65. The van der Waals surface area contributed by atoms with E-state index in [1.54, 1.807) is 17.7 Å². The van der Waals surface area contributed by atoms with Crippen LogP contribution in [0.1, 0.15) is 0 Å². The van der Waals surface area contributed by atoms with Gasteiger partial charge in [0.2, 0.25) is 0 Å². The highest BCUT2D eigenvalue weighted by atomic mass is 16.1. The SMILES string of the molecule is CN(C)Nc1cc(=O)n(C)c2ccccc12. The van der Waals surface area contributed by atoms with E-state index in [-0.39, 0.29) is 5.56 Å². The molecule has 16 heavy (non-hydrogen) atoms. The largest absolute Gasteiger partial charge is 0.319 e. The number of benzene rings is 1. The molecule has 1 aromatic carbocycles. The maximum atomic E-state index is 11.7. The van der Waals surface area contributed by atoms with Gasteiger partial charge in [-0.25, -0.2) is 5.01 Å². The fourth-order valence-electron chi connectivity index (χ4n) is 1.74. The predicted molar refractivity (Wildman–Crippen MR) is 66.5 cm³/mol. The summed E-state index contributed by atoms with van der Waals surface area (Å²) in [5, 5.41) is 2.86. The fraction of sp³-hybridized carbons (Fsp3) is 0.250. The number of hydrogen-bond acceptors (Lipinski definition) is 3. The number of nitrogens with zero attached hydrogens (tertiary/aromatic N) is 2. The highest BCUT2D eigenvalue weighted by Gasteiger charge is 2.05. The van der Waals surface area contributed by atoms with Crippen molar-refractivity contribution in [2.45, 2.75) is 0 Å². The molecule has 1 aromatic heterocycles. The van der Waals surface area contributed by atoms with E-state index in [4.69, 9.17) is 0 Å². The normalized spacial score (nSPS) is 11.0. The first-order valence-corrected chi connectivity index (χ1v) is 5.12. The van der Waals surface area contributed by atoms with Crippen molar-refractivity contribution in [3.63, 3.8) is 0 Å². The summed E-state index contributed by atoms with van der Waals surface area (Å²) in [5.74, 6) is 0. The smallest absolute Gasteiger partial charge is 0.252 e. The number of para-hydroxylation sites is 1. The van der Waals surface area contributed by atoms with Crippen molar-refractivity contribution < 1.29 is 0 Å². The van der Waals surface area contributed by atoms with Crippen molar-refractivity contribution in [3.05, 3.63) is 40.7 Å². The summed E-state index contributed by atoms with van der Waals surface area (Å²) in [6, 6.07) is 9.45. The van der Waals surface area contributed by atoms with Gasteiger partial charge in [-0.2, -0.15) is 0 Å². The molecule has 0 fully saturated rings. The molecule has 0 aliphatic heterocycles. The number of hydrogen-bond donors (Lipinski definition) is 1. The van der Waals surface area contributed by atoms with Crippen LogP contribution in [0, 0.1) is 0 Å². The zero-order valence-electron chi connectivity index (χ0n) is 9.69. The van der Waals surface area contributed by atoms with Crippen LogP contribution in [0.25, 0.3) is 10.9 Å². The first-order valence-electron chi connectivity index (χ1n) is 5.12. The highest BCUT2D eigenvalue weighted by molar-refractivity contribution is 5.91. The van der Waals surface area contributed by atoms with Crippen molar-refractivity contribution in [3.8, 4) is 0 Å². The van der Waals surface area contributed by atoms with Crippen LogP contribution in [-0.2, 0) is 7.05 Å². The molecular weight excluding hydrogens is 202 g/mol. The summed E-state index contributed by atoms with van der Waals surface area (Å²) in [5.41, 5.74) is 4.89. The zero-order valence-corrected chi connectivity index (χ0v) is 9.69. The van der Waals surface area contributed by atoms with Gasteiger partial charge in [0.05, 0.1) is 11.2 Å². The van der Waals surface area contributed by atoms with Gasteiger partial charge in [-0.3, -0.25) is 4.79 Å².